The second-order valence-electron chi connectivity index (χ2n) is 5.51. The van der Waals surface area contributed by atoms with Crippen LogP contribution in [0.5, 0.6) is 0 Å². The van der Waals surface area contributed by atoms with Crippen LogP contribution in [-0.2, 0) is 16.1 Å². The highest BCUT2D eigenvalue weighted by Crippen LogP contribution is 2.26. The predicted molar refractivity (Wildman–Crippen MR) is 82.1 cm³/mol. The highest BCUT2D eigenvalue weighted by molar-refractivity contribution is 6.00. The molecule has 2 aromatic rings. The van der Waals surface area contributed by atoms with Gasteiger partial charge in [0.2, 0.25) is 11.8 Å². The lowest BCUT2D eigenvalue weighted by molar-refractivity contribution is -0.135. The lowest BCUT2D eigenvalue weighted by Crippen LogP contribution is -2.34. The van der Waals surface area contributed by atoms with E-state index in [9.17, 15) is 9.59 Å². The van der Waals surface area contributed by atoms with Gasteiger partial charge in [0.05, 0.1) is 18.7 Å². The van der Waals surface area contributed by atoms with Crippen molar-refractivity contribution >= 4 is 17.5 Å². The van der Waals surface area contributed by atoms with Gasteiger partial charge in [-0.2, -0.15) is 0 Å². The minimum Gasteiger partial charge on any atom is -0.467 e. The van der Waals surface area contributed by atoms with Crippen molar-refractivity contribution in [3.8, 4) is 0 Å². The molecule has 1 aromatic carbocycles. The number of amides is 2. The van der Waals surface area contributed by atoms with Gasteiger partial charge in [-0.3, -0.25) is 9.59 Å². The zero-order chi connectivity index (χ0) is 15.5. The summed E-state index contributed by atoms with van der Waals surface area (Å²) in [5, 5.41) is 0. The molecule has 22 heavy (non-hydrogen) atoms. The Morgan fingerprint density at radius 1 is 1.27 bits per heavy atom. The average Bonchev–Trinajstić information content (AvgIpc) is 3.17. The minimum absolute atomic E-state index is 0.00375. The number of para-hydroxylation sites is 1. The first-order valence-electron chi connectivity index (χ1n) is 7.28. The first-order chi connectivity index (χ1) is 10.6. The molecule has 5 nitrogen and oxygen atoms in total. The molecule has 1 atom stereocenters. The van der Waals surface area contributed by atoms with E-state index in [1.807, 2.05) is 36.4 Å². The normalized spacial score (nSPS) is 17.8. The topological polar surface area (TPSA) is 53.8 Å². The Morgan fingerprint density at radius 2 is 2.05 bits per heavy atom. The van der Waals surface area contributed by atoms with E-state index in [1.165, 1.54) is 0 Å². The van der Waals surface area contributed by atoms with E-state index in [2.05, 4.69) is 0 Å². The largest absolute Gasteiger partial charge is 0.467 e. The fraction of sp³-hybridized carbons (Fsp3) is 0.294. The molecule has 1 saturated heterocycles. The van der Waals surface area contributed by atoms with Gasteiger partial charge in [0, 0.05) is 25.7 Å². The molecule has 2 amide bonds. The SMILES string of the molecule is CN(Cc1ccco1)C(=O)C1CC(=O)N(c2ccccc2)C1. The summed E-state index contributed by atoms with van der Waals surface area (Å²) >= 11 is 0. The molecule has 1 aromatic heterocycles. The second kappa shape index (κ2) is 6.05. The van der Waals surface area contributed by atoms with Crippen molar-refractivity contribution in [2.24, 2.45) is 5.92 Å². The summed E-state index contributed by atoms with van der Waals surface area (Å²) in [6, 6.07) is 13.1. The molecule has 0 radical (unpaired) electrons. The molecule has 0 N–H and O–H groups in total. The van der Waals surface area contributed by atoms with Crippen molar-refractivity contribution in [3.05, 3.63) is 54.5 Å². The fourth-order valence-electron chi connectivity index (χ4n) is 2.76. The van der Waals surface area contributed by atoms with Crippen LogP contribution in [0.15, 0.2) is 53.1 Å². The average molecular weight is 298 g/mol. The third kappa shape index (κ3) is 2.88. The molecule has 2 heterocycles. The van der Waals surface area contributed by atoms with Crippen LogP contribution in [0.4, 0.5) is 5.69 Å². The number of hydrogen-bond donors (Lipinski definition) is 0. The Balaban J connectivity index is 1.66. The van der Waals surface area contributed by atoms with Gasteiger partial charge in [0.25, 0.3) is 0 Å². The fourth-order valence-corrected chi connectivity index (χ4v) is 2.76. The summed E-state index contributed by atoms with van der Waals surface area (Å²) in [6.45, 7) is 0.853. The van der Waals surface area contributed by atoms with Crippen LogP contribution in [0.3, 0.4) is 0 Å². The number of benzene rings is 1. The van der Waals surface area contributed by atoms with Crippen molar-refractivity contribution in [2.75, 3.05) is 18.5 Å². The Morgan fingerprint density at radius 3 is 2.73 bits per heavy atom. The highest BCUT2D eigenvalue weighted by atomic mass is 16.3. The molecule has 0 spiro atoms. The van der Waals surface area contributed by atoms with E-state index in [1.54, 1.807) is 29.2 Å². The maximum atomic E-state index is 12.5. The number of furan rings is 1. The third-order valence-electron chi connectivity index (χ3n) is 3.89. The van der Waals surface area contributed by atoms with Crippen molar-refractivity contribution < 1.29 is 14.0 Å². The number of rotatable bonds is 4. The molecule has 1 unspecified atom stereocenters. The molecule has 1 fully saturated rings. The van der Waals surface area contributed by atoms with E-state index in [4.69, 9.17) is 4.42 Å². The Kier molecular flexibility index (Phi) is 3.96. The first-order valence-corrected chi connectivity index (χ1v) is 7.28. The van der Waals surface area contributed by atoms with Crippen LogP contribution in [-0.4, -0.2) is 30.3 Å². The number of carbonyl (C=O) groups excluding carboxylic acids is 2. The van der Waals surface area contributed by atoms with Crippen LogP contribution >= 0.6 is 0 Å². The first kappa shape index (κ1) is 14.4. The molecule has 0 saturated carbocycles. The zero-order valence-corrected chi connectivity index (χ0v) is 12.4. The molecule has 5 heteroatoms. The van der Waals surface area contributed by atoms with Crippen LogP contribution in [0.2, 0.25) is 0 Å². The zero-order valence-electron chi connectivity index (χ0n) is 12.4. The van der Waals surface area contributed by atoms with Crippen LogP contribution < -0.4 is 4.90 Å². The van der Waals surface area contributed by atoms with E-state index >= 15 is 0 Å². The third-order valence-corrected chi connectivity index (χ3v) is 3.89. The number of anilines is 1. The molecule has 3 rings (SSSR count). The number of carbonyl (C=O) groups is 2. The van der Waals surface area contributed by atoms with Crippen LogP contribution in [0.1, 0.15) is 12.2 Å². The van der Waals surface area contributed by atoms with Crippen molar-refractivity contribution in [3.63, 3.8) is 0 Å². The Bertz CT molecular complexity index is 652. The van der Waals surface area contributed by atoms with Gasteiger partial charge in [-0.05, 0) is 24.3 Å². The molecule has 0 aliphatic carbocycles. The summed E-state index contributed by atoms with van der Waals surface area (Å²) in [5.74, 6) is 0.409. The summed E-state index contributed by atoms with van der Waals surface area (Å²) in [5.41, 5.74) is 0.844. The Hall–Kier alpha value is -2.56. The van der Waals surface area contributed by atoms with Gasteiger partial charge in [-0.25, -0.2) is 0 Å². The summed E-state index contributed by atoms with van der Waals surface area (Å²) in [6.07, 6.45) is 1.85. The van der Waals surface area contributed by atoms with Crippen molar-refractivity contribution in [1.29, 1.82) is 0 Å². The lowest BCUT2D eigenvalue weighted by Gasteiger charge is -2.20. The van der Waals surface area contributed by atoms with E-state index < -0.39 is 0 Å². The van der Waals surface area contributed by atoms with Gasteiger partial charge in [-0.1, -0.05) is 18.2 Å². The molecular formula is C17H18N2O3. The van der Waals surface area contributed by atoms with E-state index in [-0.39, 0.29) is 24.2 Å². The number of hydrogen-bond acceptors (Lipinski definition) is 3. The van der Waals surface area contributed by atoms with Crippen LogP contribution in [0, 0.1) is 5.92 Å². The predicted octanol–water partition coefficient (Wildman–Crippen LogP) is 2.29. The van der Waals surface area contributed by atoms with Crippen molar-refractivity contribution in [1.82, 2.24) is 4.90 Å². The molecule has 1 aliphatic heterocycles. The van der Waals surface area contributed by atoms with Crippen molar-refractivity contribution in [2.45, 2.75) is 13.0 Å². The molecule has 0 bridgehead atoms. The summed E-state index contributed by atoms with van der Waals surface area (Å²) in [4.78, 5) is 28.0. The molecular weight excluding hydrogens is 280 g/mol. The van der Waals surface area contributed by atoms with E-state index in [0.29, 0.717) is 13.1 Å². The Labute approximate surface area is 129 Å². The lowest BCUT2D eigenvalue weighted by atomic mass is 10.1. The monoisotopic (exact) mass is 298 g/mol. The molecule has 1 aliphatic rings. The second-order valence-corrected chi connectivity index (χ2v) is 5.51. The number of nitrogens with zero attached hydrogens (tertiary/aromatic N) is 2. The minimum atomic E-state index is -0.298. The van der Waals surface area contributed by atoms with Gasteiger partial charge in [-0.15, -0.1) is 0 Å². The highest BCUT2D eigenvalue weighted by Gasteiger charge is 2.36. The van der Waals surface area contributed by atoms with Gasteiger partial charge in [0.1, 0.15) is 5.76 Å². The smallest absolute Gasteiger partial charge is 0.228 e. The van der Waals surface area contributed by atoms with E-state index in [0.717, 1.165) is 11.4 Å². The quantitative estimate of drug-likeness (QED) is 0.870. The molecule has 114 valence electrons. The summed E-state index contributed by atoms with van der Waals surface area (Å²) < 4.78 is 5.26. The maximum absolute atomic E-state index is 12.5. The maximum Gasteiger partial charge on any atom is 0.228 e. The van der Waals surface area contributed by atoms with Crippen LogP contribution in [0.25, 0.3) is 0 Å². The van der Waals surface area contributed by atoms with Gasteiger partial charge < -0.3 is 14.2 Å². The summed E-state index contributed by atoms with van der Waals surface area (Å²) in [7, 11) is 1.74. The standard InChI is InChI=1S/C17H18N2O3/c1-18(12-15-8-5-9-22-15)17(21)13-10-16(20)19(11-13)14-6-3-2-4-7-14/h2-9,13H,10-12H2,1H3. The van der Waals surface area contributed by atoms with Gasteiger partial charge in [0.15, 0.2) is 0 Å². The van der Waals surface area contributed by atoms with Gasteiger partial charge >= 0.3 is 0 Å².